The third-order valence-electron chi connectivity index (χ3n) is 2.67. The Morgan fingerprint density at radius 1 is 1.25 bits per heavy atom. The Hall–Kier alpha value is -1.29. The summed E-state index contributed by atoms with van der Waals surface area (Å²) in [6, 6.07) is 5.96. The van der Waals surface area contributed by atoms with Crippen LogP contribution in [0.15, 0.2) is 24.3 Å². The average Bonchev–Trinajstić information content (AvgIpc) is 2.29. The number of hydrogen-bond donors (Lipinski definition) is 0. The Kier molecular flexibility index (Phi) is 3.29. The Balaban J connectivity index is 2.11. The first-order valence-corrected chi connectivity index (χ1v) is 5.18. The van der Waals surface area contributed by atoms with E-state index < -0.39 is 6.43 Å². The second-order valence-electron chi connectivity index (χ2n) is 3.82. The molecule has 1 aromatic rings. The zero-order valence-corrected chi connectivity index (χ0v) is 8.66. The zero-order chi connectivity index (χ0) is 11.5. The van der Waals surface area contributed by atoms with Crippen LogP contribution < -0.4 is 0 Å². The molecular formula is C12H12F2O2. The first-order valence-electron chi connectivity index (χ1n) is 5.18. The number of ether oxygens (including phenoxy) is 1. The number of hydrogen-bond acceptors (Lipinski definition) is 2. The van der Waals surface area contributed by atoms with Gasteiger partial charge in [0.25, 0.3) is 6.43 Å². The van der Waals surface area contributed by atoms with E-state index in [1.807, 2.05) is 0 Å². The van der Waals surface area contributed by atoms with E-state index in [4.69, 9.17) is 4.74 Å². The van der Waals surface area contributed by atoms with Gasteiger partial charge in [0, 0.05) is 18.4 Å². The topological polar surface area (TPSA) is 26.3 Å². The molecule has 0 N–H and O–H groups in total. The minimum Gasteiger partial charge on any atom is -0.373 e. The highest BCUT2D eigenvalue weighted by Gasteiger charge is 2.21. The molecule has 0 radical (unpaired) electrons. The molecule has 0 bridgehead atoms. The smallest absolute Gasteiger partial charge is 0.263 e. The summed E-state index contributed by atoms with van der Waals surface area (Å²) in [5.74, 6) is 0.161. The second kappa shape index (κ2) is 4.70. The van der Waals surface area contributed by atoms with Crippen molar-refractivity contribution in [3.8, 4) is 0 Å². The van der Waals surface area contributed by atoms with Crippen LogP contribution in [0, 0.1) is 0 Å². The van der Waals surface area contributed by atoms with Gasteiger partial charge in [0.1, 0.15) is 5.78 Å². The second-order valence-corrected chi connectivity index (χ2v) is 3.82. The molecule has 1 atom stereocenters. The van der Waals surface area contributed by atoms with E-state index in [-0.39, 0.29) is 17.5 Å². The summed E-state index contributed by atoms with van der Waals surface area (Å²) >= 11 is 0. The molecule has 4 heteroatoms. The summed E-state index contributed by atoms with van der Waals surface area (Å²) in [7, 11) is 0. The van der Waals surface area contributed by atoms with Crippen LogP contribution in [0.1, 0.15) is 36.5 Å². The van der Waals surface area contributed by atoms with Crippen molar-refractivity contribution >= 4 is 5.78 Å². The highest BCUT2D eigenvalue weighted by Crippen LogP contribution is 2.27. The Morgan fingerprint density at radius 3 is 2.50 bits per heavy atom. The average molecular weight is 226 g/mol. The highest BCUT2D eigenvalue weighted by molar-refractivity contribution is 5.79. The molecule has 0 saturated carbocycles. The maximum absolute atomic E-state index is 12.3. The molecule has 1 unspecified atom stereocenters. The molecule has 1 saturated heterocycles. The third kappa shape index (κ3) is 2.44. The molecule has 1 aliphatic heterocycles. The number of alkyl halides is 2. The number of benzene rings is 1. The van der Waals surface area contributed by atoms with Crippen LogP contribution in [0.5, 0.6) is 0 Å². The standard InChI is InChI=1S/C12H12F2O2/c13-12(14)9-3-1-8(2-4-9)11-7-10(15)5-6-16-11/h1-4,11-12H,5-7H2. The summed E-state index contributed by atoms with van der Waals surface area (Å²) in [4.78, 5) is 11.2. The maximum atomic E-state index is 12.3. The number of rotatable bonds is 2. The molecular weight excluding hydrogens is 214 g/mol. The number of carbonyl (C=O) groups is 1. The molecule has 0 aromatic heterocycles. The molecule has 1 aromatic carbocycles. The van der Waals surface area contributed by atoms with Crippen molar-refractivity contribution < 1.29 is 18.3 Å². The SMILES string of the molecule is O=C1CCOC(c2ccc(C(F)F)cc2)C1. The monoisotopic (exact) mass is 226 g/mol. The molecule has 0 amide bonds. The van der Waals surface area contributed by atoms with E-state index in [2.05, 4.69) is 0 Å². The lowest BCUT2D eigenvalue weighted by Crippen LogP contribution is -2.19. The fraction of sp³-hybridized carbons (Fsp3) is 0.417. The van der Waals surface area contributed by atoms with Crippen molar-refractivity contribution in [3.63, 3.8) is 0 Å². The number of carbonyl (C=O) groups excluding carboxylic acids is 1. The predicted octanol–water partition coefficient (Wildman–Crippen LogP) is 3.04. The quantitative estimate of drug-likeness (QED) is 0.774. The van der Waals surface area contributed by atoms with Gasteiger partial charge in [0.2, 0.25) is 0 Å². The van der Waals surface area contributed by atoms with Crippen molar-refractivity contribution in [3.05, 3.63) is 35.4 Å². The Bertz CT molecular complexity index is 373. The minimum atomic E-state index is -2.46. The van der Waals surface area contributed by atoms with E-state index in [0.29, 0.717) is 19.4 Å². The summed E-state index contributed by atoms with van der Waals surface area (Å²) in [6.45, 7) is 0.417. The van der Waals surface area contributed by atoms with E-state index in [1.54, 1.807) is 12.1 Å². The molecule has 1 aliphatic rings. The van der Waals surface area contributed by atoms with Gasteiger partial charge < -0.3 is 4.74 Å². The lowest BCUT2D eigenvalue weighted by atomic mass is 9.99. The van der Waals surface area contributed by atoms with Crippen LogP contribution in [0.3, 0.4) is 0 Å². The minimum absolute atomic E-state index is 0.00844. The summed E-state index contributed by atoms with van der Waals surface area (Å²) in [5.41, 5.74) is 0.781. The fourth-order valence-electron chi connectivity index (χ4n) is 1.75. The summed E-state index contributed by atoms with van der Waals surface area (Å²) in [5, 5.41) is 0. The first kappa shape index (κ1) is 11.2. The molecule has 86 valence electrons. The van der Waals surface area contributed by atoms with Gasteiger partial charge in [-0.15, -0.1) is 0 Å². The molecule has 1 heterocycles. The van der Waals surface area contributed by atoms with Crippen LogP contribution in [0.4, 0.5) is 8.78 Å². The molecule has 1 fully saturated rings. The van der Waals surface area contributed by atoms with E-state index in [1.165, 1.54) is 12.1 Å². The van der Waals surface area contributed by atoms with Crippen molar-refractivity contribution in [2.75, 3.05) is 6.61 Å². The fourth-order valence-corrected chi connectivity index (χ4v) is 1.75. The summed E-state index contributed by atoms with van der Waals surface area (Å²) < 4.78 is 30.1. The van der Waals surface area contributed by atoms with Gasteiger partial charge in [-0.25, -0.2) is 8.78 Å². The summed E-state index contributed by atoms with van der Waals surface area (Å²) in [6.07, 6.45) is -1.93. The first-order chi connectivity index (χ1) is 7.66. The van der Waals surface area contributed by atoms with E-state index >= 15 is 0 Å². The van der Waals surface area contributed by atoms with Gasteiger partial charge in [-0.3, -0.25) is 4.79 Å². The van der Waals surface area contributed by atoms with Gasteiger partial charge in [0.15, 0.2) is 0 Å². The Labute approximate surface area is 92.2 Å². The van der Waals surface area contributed by atoms with Crippen LogP contribution >= 0.6 is 0 Å². The third-order valence-corrected chi connectivity index (χ3v) is 2.67. The van der Waals surface area contributed by atoms with Crippen molar-refractivity contribution in [2.45, 2.75) is 25.4 Å². The van der Waals surface area contributed by atoms with Crippen LogP contribution in [0.25, 0.3) is 0 Å². The van der Waals surface area contributed by atoms with E-state index in [9.17, 15) is 13.6 Å². The molecule has 2 nitrogen and oxygen atoms in total. The van der Waals surface area contributed by atoms with Crippen LogP contribution in [-0.4, -0.2) is 12.4 Å². The maximum Gasteiger partial charge on any atom is 0.263 e. The van der Waals surface area contributed by atoms with Gasteiger partial charge in [0.05, 0.1) is 12.7 Å². The number of ketones is 1. The molecule has 0 spiro atoms. The molecule has 0 aliphatic carbocycles. The largest absolute Gasteiger partial charge is 0.373 e. The van der Waals surface area contributed by atoms with E-state index in [0.717, 1.165) is 5.56 Å². The lowest BCUT2D eigenvalue weighted by molar-refractivity contribution is -0.128. The Morgan fingerprint density at radius 2 is 1.94 bits per heavy atom. The zero-order valence-electron chi connectivity index (χ0n) is 8.66. The lowest BCUT2D eigenvalue weighted by Gasteiger charge is -2.22. The highest BCUT2D eigenvalue weighted by atomic mass is 19.3. The number of Topliss-reactive ketones (excluding diaryl/α,β-unsaturated/α-hetero) is 1. The molecule has 16 heavy (non-hydrogen) atoms. The van der Waals surface area contributed by atoms with Gasteiger partial charge in [-0.05, 0) is 5.56 Å². The van der Waals surface area contributed by atoms with Crippen LogP contribution in [0.2, 0.25) is 0 Å². The normalized spacial score (nSPS) is 21.4. The predicted molar refractivity (Wildman–Crippen MR) is 54.3 cm³/mol. The van der Waals surface area contributed by atoms with Crippen LogP contribution in [-0.2, 0) is 9.53 Å². The number of halogens is 2. The van der Waals surface area contributed by atoms with Crippen molar-refractivity contribution in [2.24, 2.45) is 0 Å². The van der Waals surface area contributed by atoms with Gasteiger partial charge in [-0.1, -0.05) is 24.3 Å². The van der Waals surface area contributed by atoms with Gasteiger partial charge >= 0.3 is 0 Å². The van der Waals surface area contributed by atoms with Crippen molar-refractivity contribution in [1.29, 1.82) is 0 Å². The molecule has 2 rings (SSSR count). The van der Waals surface area contributed by atoms with Gasteiger partial charge in [-0.2, -0.15) is 0 Å². The van der Waals surface area contributed by atoms with Crippen molar-refractivity contribution in [1.82, 2.24) is 0 Å².